The minimum absolute atomic E-state index is 0.0385. The van der Waals surface area contributed by atoms with Crippen molar-refractivity contribution >= 4 is 27.5 Å². The summed E-state index contributed by atoms with van der Waals surface area (Å²) in [4.78, 5) is 19.7. The van der Waals surface area contributed by atoms with Crippen LogP contribution in [-0.4, -0.2) is 15.8 Å². The van der Waals surface area contributed by atoms with Gasteiger partial charge in [-0.2, -0.15) is 0 Å². The zero-order valence-corrected chi connectivity index (χ0v) is 11.2. The van der Waals surface area contributed by atoms with E-state index in [2.05, 4.69) is 28.2 Å². The van der Waals surface area contributed by atoms with E-state index in [9.17, 15) is 4.79 Å². The Bertz CT molecular complexity index is 955. The van der Waals surface area contributed by atoms with Crippen molar-refractivity contribution in [2.45, 2.75) is 0 Å². The number of fused-ring (bicyclic) bond motifs is 3. The van der Waals surface area contributed by atoms with Gasteiger partial charge in [-0.1, -0.05) is 30.3 Å². The third-order valence-corrected chi connectivity index (χ3v) is 3.70. The zero-order chi connectivity index (χ0) is 14.2. The van der Waals surface area contributed by atoms with Crippen molar-refractivity contribution in [1.82, 2.24) is 9.97 Å². The molecule has 4 rings (SSSR count). The first-order valence-electron chi connectivity index (χ1n) is 6.78. The highest BCUT2D eigenvalue weighted by Crippen LogP contribution is 2.26. The lowest BCUT2D eigenvalue weighted by Crippen LogP contribution is -2.01. The number of hydrogen-bond acceptors (Lipinski definition) is 2. The number of pyridine rings is 1. The van der Waals surface area contributed by atoms with Gasteiger partial charge in [0.15, 0.2) is 0 Å². The number of carbonyl (C=O) groups excluding carboxylic acids is 1. The Labute approximate surface area is 121 Å². The SMILES string of the molecule is O=C(c1cccnc1)c1cc2c(ccc3ccccc32)[nH]1. The highest BCUT2D eigenvalue weighted by molar-refractivity contribution is 6.14. The van der Waals surface area contributed by atoms with Crippen LogP contribution in [0.25, 0.3) is 21.7 Å². The molecule has 2 aromatic heterocycles. The first-order valence-corrected chi connectivity index (χ1v) is 6.78. The number of carbonyl (C=O) groups is 1. The van der Waals surface area contributed by atoms with E-state index in [1.807, 2.05) is 24.3 Å². The monoisotopic (exact) mass is 272 g/mol. The Hall–Kier alpha value is -2.94. The number of hydrogen-bond donors (Lipinski definition) is 1. The highest BCUT2D eigenvalue weighted by Gasteiger charge is 2.13. The fourth-order valence-electron chi connectivity index (χ4n) is 2.66. The van der Waals surface area contributed by atoms with Crippen LogP contribution in [0.3, 0.4) is 0 Å². The number of nitrogens with one attached hydrogen (secondary N) is 1. The van der Waals surface area contributed by atoms with Crippen LogP contribution < -0.4 is 0 Å². The van der Waals surface area contributed by atoms with Crippen molar-refractivity contribution in [3.05, 3.63) is 78.2 Å². The van der Waals surface area contributed by atoms with E-state index in [-0.39, 0.29) is 5.78 Å². The maximum atomic E-state index is 12.5. The summed E-state index contributed by atoms with van der Waals surface area (Å²) in [5.74, 6) is -0.0385. The van der Waals surface area contributed by atoms with Crippen molar-refractivity contribution in [2.24, 2.45) is 0 Å². The lowest BCUT2D eigenvalue weighted by molar-refractivity contribution is 0.103. The molecule has 0 atom stereocenters. The molecule has 0 aliphatic rings. The van der Waals surface area contributed by atoms with Crippen molar-refractivity contribution < 1.29 is 4.79 Å². The zero-order valence-electron chi connectivity index (χ0n) is 11.2. The summed E-state index contributed by atoms with van der Waals surface area (Å²) >= 11 is 0. The molecule has 0 aliphatic carbocycles. The van der Waals surface area contributed by atoms with Crippen LogP contribution in [0.5, 0.6) is 0 Å². The number of aromatic amines is 1. The minimum Gasteiger partial charge on any atom is -0.352 e. The molecule has 1 N–H and O–H groups in total. The molecule has 0 spiro atoms. The van der Waals surface area contributed by atoms with Gasteiger partial charge < -0.3 is 4.98 Å². The summed E-state index contributed by atoms with van der Waals surface area (Å²) in [5.41, 5.74) is 2.16. The van der Waals surface area contributed by atoms with Crippen LogP contribution in [0.1, 0.15) is 16.1 Å². The summed E-state index contributed by atoms with van der Waals surface area (Å²) in [6, 6.07) is 17.7. The molecule has 0 fully saturated rings. The number of benzene rings is 2. The summed E-state index contributed by atoms with van der Waals surface area (Å²) in [6.07, 6.45) is 3.25. The van der Waals surface area contributed by atoms with Gasteiger partial charge in [0.05, 0.1) is 5.69 Å². The van der Waals surface area contributed by atoms with Gasteiger partial charge in [0.2, 0.25) is 5.78 Å². The van der Waals surface area contributed by atoms with E-state index < -0.39 is 0 Å². The lowest BCUT2D eigenvalue weighted by atomic mass is 10.1. The first kappa shape index (κ1) is 11.9. The summed E-state index contributed by atoms with van der Waals surface area (Å²) < 4.78 is 0. The van der Waals surface area contributed by atoms with Crippen molar-refractivity contribution in [3.8, 4) is 0 Å². The second-order valence-corrected chi connectivity index (χ2v) is 5.00. The number of ketones is 1. The van der Waals surface area contributed by atoms with E-state index in [1.165, 1.54) is 5.39 Å². The maximum Gasteiger partial charge on any atom is 0.210 e. The van der Waals surface area contributed by atoms with E-state index >= 15 is 0 Å². The van der Waals surface area contributed by atoms with Gasteiger partial charge in [-0.3, -0.25) is 9.78 Å². The van der Waals surface area contributed by atoms with Gasteiger partial charge in [-0.15, -0.1) is 0 Å². The maximum absolute atomic E-state index is 12.5. The van der Waals surface area contributed by atoms with Gasteiger partial charge in [0.1, 0.15) is 0 Å². The van der Waals surface area contributed by atoms with Gasteiger partial charge in [0, 0.05) is 28.9 Å². The van der Waals surface area contributed by atoms with Gasteiger partial charge in [-0.05, 0) is 35.0 Å². The molecule has 4 aromatic rings. The molecule has 2 aromatic carbocycles. The summed E-state index contributed by atoms with van der Waals surface area (Å²) in [6.45, 7) is 0. The smallest absolute Gasteiger partial charge is 0.210 e. The summed E-state index contributed by atoms with van der Waals surface area (Å²) in [5, 5.41) is 3.39. The Kier molecular flexibility index (Phi) is 2.57. The van der Waals surface area contributed by atoms with Gasteiger partial charge >= 0.3 is 0 Å². The minimum atomic E-state index is -0.0385. The van der Waals surface area contributed by atoms with Crippen molar-refractivity contribution in [2.75, 3.05) is 0 Å². The molecule has 3 heteroatoms. The second kappa shape index (κ2) is 4.56. The molecule has 21 heavy (non-hydrogen) atoms. The molecule has 0 saturated heterocycles. The topological polar surface area (TPSA) is 45.8 Å². The van der Waals surface area contributed by atoms with Gasteiger partial charge in [0.25, 0.3) is 0 Å². The Morgan fingerprint density at radius 1 is 0.952 bits per heavy atom. The van der Waals surface area contributed by atoms with Crippen LogP contribution in [0.15, 0.2) is 67.0 Å². The molecular formula is C18H12N2O. The molecule has 100 valence electrons. The normalized spacial score (nSPS) is 11.0. The predicted molar refractivity (Wildman–Crippen MR) is 83.5 cm³/mol. The Morgan fingerprint density at radius 3 is 2.71 bits per heavy atom. The summed E-state index contributed by atoms with van der Waals surface area (Å²) in [7, 11) is 0. The number of aromatic nitrogens is 2. The van der Waals surface area contributed by atoms with Crippen LogP contribution in [0.2, 0.25) is 0 Å². The highest BCUT2D eigenvalue weighted by atomic mass is 16.1. The number of rotatable bonds is 2. The fourth-order valence-corrected chi connectivity index (χ4v) is 2.66. The van der Waals surface area contributed by atoms with Gasteiger partial charge in [-0.25, -0.2) is 0 Å². The molecule has 0 amide bonds. The van der Waals surface area contributed by atoms with Crippen LogP contribution in [0.4, 0.5) is 0 Å². The molecule has 0 bridgehead atoms. The molecule has 0 aliphatic heterocycles. The van der Waals surface area contributed by atoms with Crippen molar-refractivity contribution in [3.63, 3.8) is 0 Å². The van der Waals surface area contributed by atoms with E-state index in [0.29, 0.717) is 11.3 Å². The van der Waals surface area contributed by atoms with E-state index in [1.54, 1.807) is 24.5 Å². The Balaban J connectivity index is 1.91. The number of H-pyrrole nitrogens is 1. The second-order valence-electron chi connectivity index (χ2n) is 5.00. The first-order chi connectivity index (χ1) is 10.3. The standard InChI is InChI=1S/C18H12N2O/c21-18(13-5-3-9-19-11-13)17-10-15-14-6-2-1-4-12(14)7-8-16(15)20-17/h1-11,20H. The third-order valence-electron chi connectivity index (χ3n) is 3.70. The molecule has 3 nitrogen and oxygen atoms in total. The quantitative estimate of drug-likeness (QED) is 0.562. The third kappa shape index (κ3) is 1.91. The van der Waals surface area contributed by atoms with Crippen LogP contribution in [-0.2, 0) is 0 Å². The average molecular weight is 272 g/mol. The van der Waals surface area contributed by atoms with E-state index in [0.717, 1.165) is 16.3 Å². The lowest BCUT2D eigenvalue weighted by Gasteiger charge is -1.97. The molecular weight excluding hydrogens is 260 g/mol. The van der Waals surface area contributed by atoms with Crippen molar-refractivity contribution in [1.29, 1.82) is 0 Å². The van der Waals surface area contributed by atoms with Crippen LogP contribution >= 0.6 is 0 Å². The average Bonchev–Trinajstić information content (AvgIpc) is 2.99. The largest absolute Gasteiger partial charge is 0.352 e. The molecule has 0 radical (unpaired) electrons. The molecule has 0 saturated carbocycles. The van der Waals surface area contributed by atoms with Crippen LogP contribution in [0, 0.1) is 0 Å². The predicted octanol–water partition coefficient (Wildman–Crippen LogP) is 3.95. The molecule has 0 unspecified atom stereocenters. The Morgan fingerprint density at radius 2 is 1.86 bits per heavy atom. The molecule has 2 heterocycles. The van der Waals surface area contributed by atoms with E-state index in [4.69, 9.17) is 0 Å². The fraction of sp³-hybridized carbons (Fsp3) is 0. The number of nitrogens with zero attached hydrogens (tertiary/aromatic N) is 1.